The summed E-state index contributed by atoms with van der Waals surface area (Å²) in [5.74, 6) is 0.0884. The largest absolute Gasteiger partial charge is 0.512 e. The van der Waals surface area contributed by atoms with Crippen molar-refractivity contribution in [3.8, 4) is 0 Å². The number of benzene rings is 1. The molecule has 0 amide bonds. The first-order chi connectivity index (χ1) is 8.16. The van der Waals surface area contributed by atoms with Gasteiger partial charge in [-0.15, -0.1) is 0 Å². The SMILES string of the molecule is O=C1CCCC(O)=C1C=Nc1ccc(Cl)cc1. The molecule has 0 unspecified atom stereocenters. The zero-order valence-electron chi connectivity index (χ0n) is 9.19. The highest BCUT2D eigenvalue weighted by Crippen LogP contribution is 2.20. The molecule has 17 heavy (non-hydrogen) atoms. The Morgan fingerprint density at radius 1 is 1.24 bits per heavy atom. The number of aliphatic imine (C=N–C) groups is 1. The summed E-state index contributed by atoms with van der Waals surface area (Å²) in [6, 6.07) is 6.96. The fraction of sp³-hybridized carbons (Fsp3) is 0.231. The maximum atomic E-state index is 11.5. The smallest absolute Gasteiger partial charge is 0.167 e. The molecular weight excluding hydrogens is 238 g/mol. The van der Waals surface area contributed by atoms with E-state index in [1.807, 2.05) is 0 Å². The molecule has 2 rings (SSSR count). The van der Waals surface area contributed by atoms with Gasteiger partial charge in [0.15, 0.2) is 5.78 Å². The Labute approximate surface area is 104 Å². The van der Waals surface area contributed by atoms with E-state index in [1.165, 1.54) is 6.21 Å². The van der Waals surface area contributed by atoms with Crippen LogP contribution in [0.4, 0.5) is 5.69 Å². The number of halogens is 1. The van der Waals surface area contributed by atoms with Crippen LogP contribution in [-0.4, -0.2) is 17.1 Å². The number of Topliss-reactive ketones (excluding diaryl/α,β-unsaturated/α-hetero) is 1. The Kier molecular flexibility index (Phi) is 3.59. The minimum atomic E-state index is -0.0496. The zero-order valence-corrected chi connectivity index (χ0v) is 9.94. The molecule has 0 atom stereocenters. The monoisotopic (exact) mass is 249 g/mol. The van der Waals surface area contributed by atoms with Crippen molar-refractivity contribution in [1.29, 1.82) is 0 Å². The highest BCUT2D eigenvalue weighted by atomic mass is 35.5. The van der Waals surface area contributed by atoms with Gasteiger partial charge in [-0.2, -0.15) is 0 Å². The highest BCUT2D eigenvalue weighted by Gasteiger charge is 2.18. The molecule has 1 aromatic carbocycles. The fourth-order valence-electron chi connectivity index (χ4n) is 1.66. The number of ketones is 1. The third kappa shape index (κ3) is 2.94. The van der Waals surface area contributed by atoms with Crippen LogP contribution in [0.1, 0.15) is 19.3 Å². The number of aliphatic hydroxyl groups excluding tert-OH is 1. The average molecular weight is 250 g/mol. The Bertz CT molecular complexity index is 489. The van der Waals surface area contributed by atoms with Crippen LogP contribution in [0.3, 0.4) is 0 Å². The summed E-state index contributed by atoms with van der Waals surface area (Å²) in [6.45, 7) is 0. The van der Waals surface area contributed by atoms with Gasteiger partial charge in [-0.25, -0.2) is 0 Å². The minimum absolute atomic E-state index is 0.0496. The normalized spacial score (nSPS) is 16.9. The van der Waals surface area contributed by atoms with E-state index < -0.39 is 0 Å². The summed E-state index contributed by atoms with van der Waals surface area (Å²) in [4.78, 5) is 15.7. The molecule has 0 fully saturated rings. The molecule has 0 heterocycles. The molecule has 1 aliphatic carbocycles. The van der Waals surface area contributed by atoms with Gasteiger partial charge in [0.2, 0.25) is 0 Å². The molecule has 0 bridgehead atoms. The third-order valence-corrected chi connectivity index (χ3v) is 2.85. The van der Waals surface area contributed by atoms with Crippen molar-refractivity contribution in [3.05, 3.63) is 40.6 Å². The van der Waals surface area contributed by atoms with Gasteiger partial charge in [0.25, 0.3) is 0 Å². The van der Waals surface area contributed by atoms with E-state index in [4.69, 9.17) is 11.6 Å². The Morgan fingerprint density at radius 2 is 1.94 bits per heavy atom. The summed E-state index contributed by atoms with van der Waals surface area (Å²) in [5, 5.41) is 10.2. The van der Waals surface area contributed by atoms with Crippen LogP contribution in [0.15, 0.2) is 40.6 Å². The maximum Gasteiger partial charge on any atom is 0.167 e. The van der Waals surface area contributed by atoms with Gasteiger partial charge in [0.05, 0.1) is 11.3 Å². The van der Waals surface area contributed by atoms with Crippen LogP contribution in [0.2, 0.25) is 5.02 Å². The Morgan fingerprint density at radius 3 is 2.59 bits per heavy atom. The molecule has 4 heteroatoms. The lowest BCUT2D eigenvalue weighted by atomic mass is 9.97. The van der Waals surface area contributed by atoms with Crippen LogP contribution in [0.5, 0.6) is 0 Å². The van der Waals surface area contributed by atoms with E-state index in [9.17, 15) is 9.90 Å². The quantitative estimate of drug-likeness (QED) is 0.814. The lowest BCUT2D eigenvalue weighted by Gasteiger charge is -2.11. The molecule has 1 N–H and O–H groups in total. The molecule has 0 saturated heterocycles. The van der Waals surface area contributed by atoms with Gasteiger partial charge in [-0.05, 0) is 30.7 Å². The Balaban J connectivity index is 2.20. The third-order valence-electron chi connectivity index (χ3n) is 2.60. The summed E-state index contributed by atoms with van der Waals surface area (Å²) in [6.07, 6.45) is 3.17. The topological polar surface area (TPSA) is 49.7 Å². The zero-order chi connectivity index (χ0) is 12.3. The second kappa shape index (κ2) is 5.15. The molecule has 0 aromatic heterocycles. The summed E-state index contributed by atoms with van der Waals surface area (Å²) in [7, 11) is 0. The summed E-state index contributed by atoms with van der Waals surface area (Å²) < 4.78 is 0. The van der Waals surface area contributed by atoms with Crippen molar-refractivity contribution in [2.75, 3.05) is 0 Å². The lowest BCUT2D eigenvalue weighted by molar-refractivity contribution is -0.115. The van der Waals surface area contributed by atoms with Gasteiger partial charge in [-0.1, -0.05) is 11.6 Å². The van der Waals surface area contributed by atoms with E-state index in [0.29, 0.717) is 35.5 Å². The molecule has 88 valence electrons. The molecule has 0 aliphatic heterocycles. The van der Waals surface area contributed by atoms with E-state index in [1.54, 1.807) is 24.3 Å². The van der Waals surface area contributed by atoms with Gasteiger partial charge < -0.3 is 5.11 Å². The fourth-order valence-corrected chi connectivity index (χ4v) is 1.79. The first-order valence-electron chi connectivity index (χ1n) is 5.42. The maximum absolute atomic E-state index is 11.5. The highest BCUT2D eigenvalue weighted by molar-refractivity contribution is 6.30. The molecular formula is C13H12ClNO2. The summed E-state index contributed by atoms with van der Waals surface area (Å²) in [5.41, 5.74) is 1.03. The first kappa shape index (κ1) is 11.9. The molecule has 0 radical (unpaired) electrons. The van der Waals surface area contributed by atoms with E-state index in [0.717, 1.165) is 0 Å². The van der Waals surface area contributed by atoms with Crippen molar-refractivity contribution in [3.63, 3.8) is 0 Å². The number of allylic oxidation sites excluding steroid dienone is 2. The molecule has 0 spiro atoms. The number of hydrogen-bond acceptors (Lipinski definition) is 3. The number of carbonyl (C=O) groups excluding carboxylic acids is 1. The number of aliphatic hydroxyl groups is 1. The van der Waals surface area contributed by atoms with Crippen molar-refractivity contribution in [1.82, 2.24) is 0 Å². The number of nitrogens with zero attached hydrogens (tertiary/aromatic N) is 1. The number of carbonyl (C=O) groups is 1. The first-order valence-corrected chi connectivity index (χ1v) is 5.79. The predicted molar refractivity (Wildman–Crippen MR) is 68.1 cm³/mol. The van der Waals surface area contributed by atoms with Gasteiger partial charge in [0.1, 0.15) is 5.76 Å². The van der Waals surface area contributed by atoms with Crippen LogP contribution in [0, 0.1) is 0 Å². The van der Waals surface area contributed by atoms with Crippen molar-refractivity contribution in [2.24, 2.45) is 4.99 Å². The van der Waals surface area contributed by atoms with E-state index in [2.05, 4.69) is 4.99 Å². The van der Waals surface area contributed by atoms with E-state index >= 15 is 0 Å². The lowest BCUT2D eigenvalue weighted by Crippen LogP contribution is -2.12. The van der Waals surface area contributed by atoms with Crippen LogP contribution in [-0.2, 0) is 4.79 Å². The van der Waals surface area contributed by atoms with Crippen LogP contribution < -0.4 is 0 Å². The standard InChI is InChI=1S/C13H12ClNO2/c14-9-4-6-10(7-5-9)15-8-11-12(16)2-1-3-13(11)17/h4-8,16H,1-3H2. The molecule has 0 saturated carbocycles. The molecule has 1 aromatic rings. The summed E-state index contributed by atoms with van der Waals surface area (Å²) >= 11 is 5.75. The van der Waals surface area contributed by atoms with Gasteiger partial charge >= 0.3 is 0 Å². The van der Waals surface area contributed by atoms with Gasteiger partial charge in [-0.3, -0.25) is 9.79 Å². The predicted octanol–water partition coefficient (Wildman–Crippen LogP) is 3.61. The minimum Gasteiger partial charge on any atom is -0.512 e. The average Bonchev–Trinajstić information content (AvgIpc) is 2.31. The van der Waals surface area contributed by atoms with Crippen molar-refractivity contribution in [2.45, 2.75) is 19.3 Å². The number of hydrogen-bond donors (Lipinski definition) is 1. The second-order valence-electron chi connectivity index (χ2n) is 3.87. The van der Waals surface area contributed by atoms with Crippen molar-refractivity contribution < 1.29 is 9.90 Å². The van der Waals surface area contributed by atoms with Crippen LogP contribution >= 0.6 is 11.6 Å². The molecule has 3 nitrogen and oxygen atoms in total. The van der Waals surface area contributed by atoms with Crippen molar-refractivity contribution >= 4 is 29.3 Å². The second-order valence-corrected chi connectivity index (χ2v) is 4.31. The van der Waals surface area contributed by atoms with Gasteiger partial charge in [0, 0.05) is 24.1 Å². The van der Waals surface area contributed by atoms with E-state index in [-0.39, 0.29) is 11.5 Å². The Hall–Kier alpha value is -1.61. The molecule has 1 aliphatic rings. The van der Waals surface area contributed by atoms with Crippen LogP contribution in [0.25, 0.3) is 0 Å². The number of rotatable bonds is 2.